The number of urea groups is 1. The first-order chi connectivity index (χ1) is 6.66. The van der Waals surface area contributed by atoms with Gasteiger partial charge in [0.2, 0.25) is 0 Å². The van der Waals surface area contributed by atoms with Crippen LogP contribution < -0.4 is 10.6 Å². The van der Waals surface area contributed by atoms with E-state index in [4.69, 9.17) is 9.84 Å². The van der Waals surface area contributed by atoms with Crippen molar-refractivity contribution in [3.63, 3.8) is 0 Å². The minimum Gasteiger partial charge on any atom is -0.395 e. The molecule has 0 unspecified atom stereocenters. The summed E-state index contributed by atoms with van der Waals surface area (Å²) in [5.41, 5.74) is 0. The fourth-order valence-corrected chi connectivity index (χ4v) is 0.788. The zero-order chi connectivity index (χ0) is 10.8. The smallest absolute Gasteiger partial charge is 0.314 e. The second-order valence-electron chi connectivity index (χ2n) is 3.38. The highest BCUT2D eigenvalue weighted by Gasteiger charge is 1.97. The van der Waals surface area contributed by atoms with E-state index in [2.05, 4.69) is 24.5 Å². The largest absolute Gasteiger partial charge is 0.395 e. The molecule has 5 nitrogen and oxygen atoms in total. The highest BCUT2D eigenvalue weighted by molar-refractivity contribution is 5.73. The molecule has 0 aliphatic carbocycles. The average molecular weight is 204 g/mol. The molecule has 0 bridgehead atoms. The molecule has 0 aliphatic rings. The average Bonchev–Trinajstić information content (AvgIpc) is 2.13. The molecule has 0 rings (SSSR count). The van der Waals surface area contributed by atoms with Crippen LogP contribution in [0.2, 0.25) is 0 Å². The summed E-state index contributed by atoms with van der Waals surface area (Å²) in [5, 5.41) is 13.5. The molecule has 2 amide bonds. The van der Waals surface area contributed by atoms with Gasteiger partial charge >= 0.3 is 6.03 Å². The molecule has 3 N–H and O–H groups in total. The maximum absolute atomic E-state index is 10.9. The van der Waals surface area contributed by atoms with Gasteiger partial charge in [0.25, 0.3) is 0 Å². The van der Waals surface area contributed by atoms with Crippen molar-refractivity contribution in [2.75, 3.05) is 32.9 Å². The van der Waals surface area contributed by atoms with E-state index in [1.807, 2.05) is 0 Å². The Morgan fingerprint density at radius 2 is 2.00 bits per heavy atom. The third kappa shape index (κ3) is 9.28. The molecule has 0 spiro atoms. The molecule has 0 saturated carbocycles. The number of carbonyl (C=O) groups is 1. The molecule has 0 atom stereocenters. The van der Waals surface area contributed by atoms with E-state index in [1.165, 1.54) is 0 Å². The number of carbonyl (C=O) groups excluding carboxylic acids is 1. The SMILES string of the molecule is CC(C)COCCNC(=O)NCCO. The second-order valence-corrected chi connectivity index (χ2v) is 3.38. The van der Waals surface area contributed by atoms with Crippen LogP contribution in [0.4, 0.5) is 4.79 Å². The number of aliphatic hydroxyl groups excluding tert-OH is 1. The van der Waals surface area contributed by atoms with Crippen LogP contribution in [0.3, 0.4) is 0 Å². The first-order valence-corrected chi connectivity index (χ1v) is 4.87. The quantitative estimate of drug-likeness (QED) is 0.509. The molecular weight excluding hydrogens is 184 g/mol. The fourth-order valence-electron chi connectivity index (χ4n) is 0.788. The summed E-state index contributed by atoms with van der Waals surface area (Å²) < 4.78 is 5.26. The van der Waals surface area contributed by atoms with Gasteiger partial charge < -0.3 is 20.5 Å². The molecular formula is C9H20N2O3. The van der Waals surface area contributed by atoms with Gasteiger partial charge in [-0.3, -0.25) is 0 Å². The van der Waals surface area contributed by atoms with Crippen molar-refractivity contribution in [3.05, 3.63) is 0 Å². The van der Waals surface area contributed by atoms with Crippen LogP contribution in [-0.2, 0) is 4.74 Å². The highest BCUT2D eigenvalue weighted by atomic mass is 16.5. The van der Waals surface area contributed by atoms with Gasteiger partial charge in [-0.1, -0.05) is 13.8 Å². The first-order valence-electron chi connectivity index (χ1n) is 4.87. The molecule has 0 heterocycles. The second kappa shape index (κ2) is 8.77. The topological polar surface area (TPSA) is 70.6 Å². The van der Waals surface area contributed by atoms with Crippen molar-refractivity contribution in [3.8, 4) is 0 Å². The molecule has 5 heteroatoms. The summed E-state index contributed by atoms with van der Waals surface area (Å²) >= 11 is 0. The highest BCUT2D eigenvalue weighted by Crippen LogP contribution is 1.90. The predicted octanol–water partition coefficient (Wildman–Crippen LogP) is -0.0495. The summed E-state index contributed by atoms with van der Waals surface area (Å²) in [6.07, 6.45) is 0. The summed E-state index contributed by atoms with van der Waals surface area (Å²) in [6.45, 7) is 6.09. The Hall–Kier alpha value is -0.810. The third-order valence-corrected chi connectivity index (χ3v) is 1.38. The van der Waals surface area contributed by atoms with Gasteiger partial charge in [-0.2, -0.15) is 0 Å². The standard InChI is InChI=1S/C9H20N2O3/c1-8(2)7-14-6-4-11-9(13)10-3-5-12/h8,12H,3-7H2,1-2H3,(H2,10,11,13). The Morgan fingerprint density at radius 3 is 2.57 bits per heavy atom. The molecule has 0 fully saturated rings. The molecule has 0 aliphatic heterocycles. The molecule has 84 valence electrons. The summed E-state index contributed by atoms with van der Waals surface area (Å²) in [4.78, 5) is 10.9. The Bertz CT molecular complexity index is 151. The predicted molar refractivity (Wildman–Crippen MR) is 54.1 cm³/mol. The number of amides is 2. The van der Waals surface area contributed by atoms with E-state index in [-0.39, 0.29) is 19.2 Å². The lowest BCUT2D eigenvalue weighted by Gasteiger charge is -2.08. The Kier molecular flexibility index (Phi) is 8.27. The minimum atomic E-state index is -0.271. The Labute approximate surface area is 84.8 Å². The zero-order valence-corrected chi connectivity index (χ0v) is 8.88. The van der Waals surface area contributed by atoms with Gasteiger partial charge in [-0.15, -0.1) is 0 Å². The summed E-state index contributed by atoms with van der Waals surface area (Å²) in [6, 6.07) is -0.271. The first kappa shape index (κ1) is 13.2. The van der Waals surface area contributed by atoms with Crippen LogP contribution in [0.15, 0.2) is 0 Å². The van der Waals surface area contributed by atoms with Crippen molar-refractivity contribution in [1.29, 1.82) is 0 Å². The van der Waals surface area contributed by atoms with Gasteiger partial charge in [0.05, 0.1) is 13.2 Å². The molecule has 0 aromatic rings. The lowest BCUT2D eigenvalue weighted by Crippen LogP contribution is -2.38. The summed E-state index contributed by atoms with van der Waals surface area (Å²) in [5.74, 6) is 0.512. The Morgan fingerprint density at radius 1 is 1.36 bits per heavy atom. The number of rotatable bonds is 7. The van der Waals surface area contributed by atoms with Crippen molar-refractivity contribution in [2.45, 2.75) is 13.8 Å². The van der Waals surface area contributed by atoms with Crippen LogP contribution in [0.5, 0.6) is 0 Å². The van der Waals surface area contributed by atoms with E-state index in [0.717, 1.165) is 0 Å². The van der Waals surface area contributed by atoms with E-state index < -0.39 is 0 Å². The molecule has 0 saturated heterocycles. The van der Waals surface area contributed by atoms with Gasteiger partial charge in [0, 0.05) is 19.7 Å². The van der Waals surface area contributed by atoms with E-state index in [1.54, 1.807) is 0 Å². The van der Waals surface area contributed by atoms with Gasteiger partial charge in [-0.25, -0.2) is 4.79 Å². The Balaban J connectivity index is 3.15. The zero-order valence-electron chi connectivity index (χ0n) is 8.88. The molecule has 0 aromatic carbocycles. The van der Waals surface area contributed by atoms with E-state index in [0.29, 0.717) is 25.7 Å². The van der Waals surface area contributed by atoms with Crippen LogP contribution in [-0.4, -0.2) is 44.0 Å². The number of ether oxygens (including phenoxy) is 1. The van der Waals surface area contributed by atoms with Crippen molar-refractivity contribution >= 4 is 6.03 Å². The van der Waals surface area contributed by atoms with Gasteiger partial charge in [-0.05, 0) is 5.92 Å². The van der Waals surface area contributed by atoms with Crippen molar-refractivity contribution in [2.24, 2.45) is 5.92 Å². The number of hydrogen-bond acceptors (Lipinski definition) is 3. The minimum absolute atomic E-state index is 0.0444. The number of hydrogen-bond donors (Lipinski definition) is 3. The molecule has 0 aromatic heterocycles. The summed E-state index contributed by atoms with van der Waals surface area (Å²) in [7, 11) is 0. The fraction of sp³-hybridized carbons (Fsp3) is 0.889. The third-order valence-electron chi connectivity index (χ3n) is 1.38. The van der Waals surface area contributed by atoms with E-state index >= 15 is 0 Å². The van der Waals surface area contributed by atoms with Crippen LogP contribution in [0, 0.1) is 5.92 Å². The molecule has 14 heavy (non-hydrogen) atoms. The van der Waals surface area contributed by atoms with Crippen LogP contribution in [0.25, 0.3) is 0 Å². The van der Waals surface area contributed by atoms with Crippen LogP contribution >= 0.6 is 0 Å². The number of aliphatic hydroxyl groups is 1. The van der Waals surface area contributed by atoms with Gasteiger partial charge in [0.15, 0.2) is 0 Å². The lowest BCUT2D eigenvalue weighted by molar-refractivity contribution is 0.112. The van der Waals surface area contributed by atoms with Crippen molar-refractivity contribution in [1.82, 2.24) is 10.6 Å². The number of nitrogens with one attached hydrogen (secondary N) is 2. The maximum Gasteiger partial charge on any atom is 0.314 e. The normalized spacial score (nSPS) is 10.3. The monoisotopic (exact) mass is 204 g/mol. The maximum atomic E-state index is 10.9. The lowest BCUT2D eigenvalue weighted by atomic mass is 10.2. The van der Waals surface area contributed by atoms with E-state index in [9.17, 15) is 4.79 Å². The van der Waals surface area contributed by atoms with Crippen molar-refractivity contribution < 1.29 is 14.6 Å². The molecule has 0 radical (unpaired) electrons. The van der Waals surface area contributed by atoms with Gasteiger partial charge in [0.1, 0.15) is 0 Å². The van der Waals surface area contributed by atoms with Crippen LogP contribution in [0.1, 0.15) is 13.8 Å².